The molecule has 0 radical (unpaired) electrons. The van der Waals surface area contributed by atoms with Crippen molar-refractivity contribution in [3.8, 4) is 0 Å². The van der Waals surface area contributed by atoms with Crippen LogP contribution in [0.3, 0.4) is 0 Å². The first-order chi connectivity index (χ1) is 6.59. The highest BCUT2D eigenvalue weighted by Crippen LogP contribution is 2.26. The molecule has 2 heteroatoms. The highest BCUT2D eigenvalue weighted by molar-refractivity contribution is 4.74. The van der Waals surface area contributed by atoms with Gasteiger partial charge in [-0.25, -0.2) is 4.90 Å². The summed E-state index contributed by atoms with van der Waals surface area (Å²) in [4.78, 5) is 2.64. The Morgan fingerprint density at radius 3 is 2.07 bits per heavy atom. The Labute approximate surface area is 89.5 Å². The van der Waals surface area contributed by atoms with Gasteiger partial charge in [0.2, 0.25) is 0 Å². The van der Waals surface area contributed by atoms with Crippen LogP contribution in [-0.2, 0) is 0 Å². The van der Waals surface area contributed by atoms with Gasteiger partial charge in [-0.15, -0.1) is 0 Å². The lowest BCUT2D eigenvalue weighted by molar-refractivity contribution is -0.939. The second-order valence-corrected chi connectivity index (χ2v) is 4.92. The first kappa shape index (κ1) is 12.0. The quantitative estimate of drug-likeness (QED) is 0.628. The highest BCUT2D eigenvalue weighted by Gasteiger charge is 2.42. The third-order valence-electron chi connectivity index (χ3n) is 4.14. The number of hydrogen-bond acceptors (Lipinski definition) is 1. The van der Waals surface area contributed by atoms with Crippen LogP contribution in [0.5, 0.6) is 0 Å². The van der Waals surface area contributed by atoms with Gasteiger partial charge >= 0.3 is 0 Å². The number of quaternary nitrogens is 1. The molecule has 1 aliphatic rings. The first-order valence-electron chi connectivity index (χ1n) is 6.19. The fourth-order valence-electron chi connectivity index (χ4n) is 2.81. The summed E-state index contributed by atoms with van der Waals surface area (Å²) in [5, 5.41) is 0. The van der Waals surface area contributed by atoms with Crippen LogP contribution < -0.4 is 0 Å². The first-order valence-corrected chi connectivity index (χ1v) is 6.19. The van der Waals surface area contributed by atoms with E-state index in [1.165, 1.54) is 37.2 Å². The summed E-state index contributed by atoms with van der Waals surface area (Å²) in [5.41, 5.74) is 0. The van der Waals surface area contributed by atoms with Crippen molar-refractivity contribution in [2.75, 3.05) is 26.3 Å². The SMILES string of the molecule is CCC1CN(C(C)C)C[N+]1(CC)CC. The fourth-order valence-corrected chi connectivity index (χ4v) is 2.81. The number of nitrogens with zero attached hydrogens (tertiary/aromatic N) is 2. The van der Waals surface area contributed by atoms with E-state index < -0.39 is 0 Å². The van der Waals surface area contributed by atoms with Gasteiger partial charge in [-0.1, -0.05) is 6.92 Å². The van der Waals surface area contributed by atoms with Crippen molar-refractivity contribution < 1.29 is 4.48 Å². The van der Waals surface area contributed by atoms with Gasteiger partial charge in [0.05, 0.1) is 19.6 Å². The molecule has 2 nitrogen and oxygen atoms in total. The third kappa shape index (κ3) is 1.96. The zero-order chi connectivity index (χ0) is 10.8. The Balaban J connectivity index is 2.75. The van der Waals surface area contributed by atoms with Crippen molar-refractivity contribution in [1.82, 2.24) is 4.90 Å². The van der Waals surface area contributed by atoms with Gasteiger partial charge in [-0.3, -0.25) is 0 Å². The number of rotatable bonds is 4. The van der Waals surface area contributed by atoms with E-state index in [4.69, 9.17) is 0 Å². The maximum Gasteiger partial charge on any atom is 0.135 e. The van der Waals surface area contributed by atoms with E-state index in [9.17, 15) is 0 Å². The Morgan fingerprint density at radius 1 is 1.21 bits per heavy atom. The molecule has 1 rings (SSSR count). The molecule has 1 unspecified atom stereocenters. The van der Waals surface area contributed by atoms with Crippen molar-refractivity contribution >= 4 is 0 Å². The predicted molar refractivity (Wildman–Crippen MR) is 62.1 cm³/mol. The molecule has 0 spiro atoms. The Hall–Kier alpha value is -0.0800. The van der Waals surface area contributed by atoms with Gasteiger partial charge in [-0.05, 0) is 34.1 Å². The Morgan fingerprint density at radius 2 is 1.79 bits per heavy atom. The molecule has 0 amide bonds. The minimum absolute atomic E-state index is 0.710. The maximum atomic E-state index is 2.64. The van der Waals surface area contributed by atoms with Gasteiger partial charge in [0.15, 0.2) is 0 Å². The summed E-state index contributed by atoms with van der Waals surface area (Å²) in [7, 11) is 0. The second-order valence-electron chi connectivity index (χ2n) is 4.92. The van der Waals surface area contributed by atoms with Crippen LogP contribution in [-0.4, -0.2) is 47.8 Å². The molecule has 14 heavy (non-hydrogen) atoms. The average Bonchev–Trinajstić information content (AvgIpc) is 2.57. The van der Waals surface area contributed by atoms with Crippen LogP contribution >= 0.6 is 0 Å². The van der Waals surface area contributed by atoms with E-state index in [2.05, 4.69) is 39.5 Å². The predicted octanol–water partition coefficient (Wildman–Crippen LogP) is 2.30. The topological polar surface area (TPSA) is 3.24 Å². The molecule has 1 aliphatic heterocycles. The molecule has 1 heterocycles. The highest BCUT2D eigenvalue weighted by atomic mass is 15.5. The summed E-state index contributed by atoms with van der Waals surface area (Å²) in [5.74, 6) is 0. The molecule has 1 saturated heterocycles. The largest absolute Gasteiger partial charge is 0.308 e. The van der Waals surface area contributed by atoms with Crippen LogP contribution in [0.25, 0.3) is 0 Å². The molecule has 1 fully saturated rings. The minimum atomic E-state index is 0.710. The molecular formula is C12H27N2+. The number of hydrogen-bond donors (Lipinski definition) is 0. The molecule has 0 aliphatic carbocycles. The Kier molecular flexibility index (Phi) is 3.96. The minimum Gasteiger partial charge on any atom is -0.308 e. The molecule has 84 valence electrons. The summed E-state index contributed by atoms with van der Waals surface area (Å²) in [6.07, 6.45) is 1.32. The van der Waals surface area contributed by atoms with E-state index in [-0.39, 0.29) is 0 Å². The summed E-state index contributed by atoms with van der Waals surface area (Å²) >= 11 is 0. The van der Waals surface area contributed by atoms with E-state index in [0.29, 0.717) is 6.04 Å². The zero-order valence-electron chi connectivity index (χ0n) is 10.6. The molecule has 0 saturated carbocycles. The van der Waals surface area contributed by atoms with E-state index >= 15 is 0 Å². The van der Waals surface area contributed by atoms with Gasteiger partial charge in [0.25, 0.3) is 0 Å². The van der Waals surface area contributed by atoms with E-state index in [1.807, 2.05) is 0 Å². The fraction of sp³-hybridized carbons (Fsp3) is 1.00. The van der Waals surface area contributed by atoms with Crippen LogP contribution in [0.15, 0.2) is 0 Å². The van der Waals surface area contributed by atoms with Crippen molar-refractivity contribution in [2.24, 2.45) is 0 Å². The lowest BCUT2D eigenvalue weighted by Crippen LogP contribution is -2.52. The summed E-state index contributed by atoms with van der Waals surface area (Å²) < 4.78 is 1.31. The van der Waals surface area contributed by atoms with Crippen LogP contribution in [0.2, 0.25) is 0 Å². The average molecular weight is 199 g/mol. The molecule has 1 atom stereocenters. The molecule has 0 N–H and O–H groups in total. The van der Waals surface area contributed by atoms with Gasteiger partial charge in [-0.2, -0.15) is 0 Å². The van der Waals surface area contributed by atoms with Gasteiger partial charge in [0, 0.05) is 6.04 Å². The molecule has 0 aromatic rings. The third-order valence-corrected chi connectivity index (χ3v) is 4.14. The maximum absolute atomic E-state index is 2.64. The lowest BCUT2D eigenvalue weighted by Gasteiger charge is -2.37. The van der Waals surface area contributed by atoms with Crippen LogP contribution in [0.1, 0.15) is 41.0 Å². The van der Waals surface area contributed by atoms with Gasteiger partial charge in [0.1, 0.15) is 12.7 Å². The van der Waals surface area contributed by atoms with Crippen molar-refractivity contribution in [3.63, 3.8) is 0 Å². The van der Waals surface area contributed by atoms with Gasteiger partial charge < -0.3 is 4.48 Å². The monoisotopic (exact) mass is 199 g/mol. The van der Waals surface area contributed by atoms with Crippen LogP contribution in [0.4, 0.5) is 0 Å². The second kappa shape index (κ2) is 4.63. The molecule has 0 bridgehead atoms. The zero-order valence-corrected chi connectivity index (χ0v) is 10.6. The Bertz CT molecular complexity index is 173. The molecule has 0 aromatic heterocycles. The molecular weight excluding hydrogens is 172 g/mol. The smallest absolute Gasteiger partial charge is 0.135 e. The normalized spacial score (nSPS) is 27.4. The summed E-state index contributed by atoms with van der Waals surface area (Å²) in [6.45, 7) is 16.8. The van der Waals surface area contributed by atoms with E-state index in [0.717, 1.165) is 6.04 Å². The molecule has 0 aromatic carbocycles. The summed E-state index contributed by atoms with van der Waals surface area (Å²) in [6, 6.07) is 1.58. The van der Waals surface area contributed by atoms with Crippen molar-refractivity contribution in [3.05, 3.63) is 0 Å². The van der Waals surface area contributed by atoms with Crippen molar-refractivity contribution in [1.29, 1.82) is 0 Å². The van der Waals surface area contributed by atoms with E-state index in [1.54, 1.807) is 0 Å². The van der Waals surface area contributed by atoms with Crippen LogP contribution in [0, 0.1) is 0 Å². The number of likely N-dealkylation sites (N-methyl/N-ethyl adjacent to an activating group) is 1. The standard InChI is InChI=1S/C12H27N2/c1-6-12-9-13(11(4)5)10-14(12,7-2)8-3/h11-12H,6-10H2,1-5H3/q+1. The lowest BCUT2D eigenvalue weighted by atomic mass is 10.1. The van der Waals surface area contributed by atoms with Crippen molar-refractivity contribution in [2.45, 2.75) is 53.1 Å².